The fraction of sp³-hybridized carbons (Fsp3) is 0.942. The Kier molecular flexibility index (Phi) is 47.0. The highest BCUT2D eigenvalue weighted by molar-refractivity contribution is 5.76. The number of hydrogen-bond acceptors (Lipinski definition) is 4. The van der Waals surface area contributed by atoms with Gasteiger partial charge in [-0.25, -0.2) is 0 Å². The van der Waals surface area contributed by atoms with Crippen LogP contribution in [0.1, 0.15) is 290 Å². The van der Waals surface area contributed by atoms with Crippen LogP contribution in [0.25, 0.3) is 0 Å². The zero-order valence-electron chi connectivity index (χ0n) is 38.7. The monoisotopic (exact) mass is 806 g/mol. The number of aliphatic hydroxyl groups is 3. The molecule has 340 valence electrons. The lowest BCUT2D eigenvalue weighted by molar-refractivity contribution is -0.124. The van der Waals surface area contributed by atoms with E-state index >= 15 is 0 Å². The first kappa shape index (κ1) is 56.1. The lowest BCUT2D eigenvalue weighted by atomic mass is 10.0. The van der Waals surface area contributed by atoms with E-state index in [-0.39, 0.29) is 18.9 Å². The van der Waals surface area contributed by atoms with E-state index in [1.165, 1.54) is 238 Å². The SMILES string of the molecule is CCCCCCCCC/C=C/C(O)C(CO)NC(=O)CC(O)CCCCCCCCCCCCCCCCCCCCCCCCCCCCCCCCCCC. The molecule has 0 spiro atoms. The van der Waals surface area contributed by atoms with Crippen molar-refractivity contribution in [3.05, 3.63) is 12.2 Å². The minimum Gasteiger partial charge on any atom is -0.394 e. The molecule has 0 saturated carbocycles. The lowest BCUT2D eigenvalue weighted by Crippen LogP contribution is -2.45. The van der Waals surface area contributed by atoms with Crippen molar-refractivity contribution in [2.45, 2.75) is 308 Å². The minimum absolute atomic E-state index is 0.0184. The Morgan fingerprint density at radius 3 is 1.02 bits per heavy atom. The second-order valence-corrected chi connectivity index (χ2v) is 18.1. The largest absolute Gasteiger partial charge is 0.394 e. The van der Waals surface area contributed by atoms with Crippen LogP contribution < -0.4 is 5.32 Å². The molecule has 0 aliphatic heterocycles. The Labute approximate surface area is 357 Å². The van der Waals surface area contributed by atoms with Gasteiger partial charge >= 0.3 is 0 Å². The highest BCUT2D eigenvalue weighted by Gasteiger charge is 2.20. The van der Waals surface area contributed by atoms with Gasteiger partial charge in [0.1, 0.15) is 0 Å². The Balaban J connectivity index is 3.40. The summed E-state index contributed by atoms with van der Waals surface area (Å²) < 4.78 is 0. The maximum absolute atomic E-state index is 12.4. The summed E-state index contributed by atoms with van der Waals surface area (Å²) in [5, 5.41) is 33.1. The Morgan fingerprint density at radius 1 is 0.439 bits per heavy atom. The van der Waals surface area contributed by atoms with Gasteiger partial charge in [0.25, 0.3) is 0 Å². The van der Waals surface area contributed by atoms with Gasteiger partial charge < -0.3 is 20.6 Å². The molecule has 5 heteroatoms. The van der Waals surface area contributed by atoms with Crippen LogP contribution in [0.3, 0.4) is 0 Å². The normalized spacial score (nSPS) is 13.4. The van der Waals surface area contributed by atoms with Crippen LogP contribution in [0, 0.1) is 0 Å². The van der Waals surface area contributed by atoms with Crippen molar-refractivity contribution in [3.63, 3.8) is 0 Å². The van der Waals surface area contributed by atoms with Crippen molar-refractivity contribution >= 4 is 5.91 Å². The molecular formula is C52H103NO4. The predicted octanol–water partition coefficient (Wildman–Crippen LogP) is 15.6. The Hall–Kier alpha value is -0.910. The van der Waals surface area contributed by atoms with Crippen LogP contribution in [0.5, 0.6) is 0 Å². The minimum atomic E-state index is -0.923. The van der Waals surface area contributed by atoms with Gasteiger partial charge in [-0.05, 0) is 19.3 Å². The number of rotatable bonds is 48. The van der Waals surface area contributed by atoms with Crippen molar-refractivity contribution in [1.29, 1.82) is 0 Å². The molecule has 4 N–H and O–H groups in total. The molecule has 3 unspecified atom stereocenters. The second-order valence-electron chi connectivity index (χ2n) is 18.1. The van der Waals surface area contributed by atoms with Crippen molar-refractivity contribution in [1.82, 2.24) is 5.32 Å². The van der Waals surface area contributed by atoms with Crippen molar-refractivity contribution in [3.8, 4) is 0 Å². The number of carbonyl (C=O) groups is 1. The number of carbonyl (C=O) groups excluding carboxylic acids is 1. The molecule has 0 radical (unpaired) electrons. The van der Waals surface area contributed by atoms with Gasteiger partial charge in [0.15, 0.2) is 0 Å². The topological polar surface area (TPSA) is 89.8 Å². The molecular weight excluding hydrogens is 703 g/mol. The van der Waals surface area contributed by atoms with E-state index in [4.69, 9.17) is 0 Å². The van der Waals surface area contributed by atoms with Crippen LogP contribution in [-0.2, 0) is 4.79 Å². The summed E-state index contributed by atoms with van der Waals surface area (Å²) in [4.78, 5) is 12.4. The molecule has 5 nitrogen and oxygen atoms in total. The summed E-state index contributed by atoms with van der Waals surface area (Å²) in [6.07, 6.45) is 58.5. The summed E-state index contributed by atoms with van der Waals surface area (Å²) in [5.41, 5.74) is 0. The molecule has 0 fully saturated rings. The third-order valence-corrected chi connectivity index (χ3v) is 12.3. The van der Waals surface area contributed by atoms with Gasteiger partial charge in [0.2, 0.25) is 5.91 Å². The zero-order chi connectivity index (χ0) is 41.5. The summed E-state index contributed by atoms with van der Waals surface area (Å²) in [5.74, 6) is -0.313. The van der Waals surface area contributed by atoms with E-state index in [1.807, 2.05) is 6.08 Å². The summed E-state index contributed by atoms with van der Waals surface area (Å²) >= 11 is 0. The number of aliphatic hydroxyl groups excluding tert-OH is 3. The van der Waals surface area contributed by atoms with Crippen LogP contribution in [-0.4, -0.2) is 46.1 Å². The molecule has 0 heterocycles. The summed E-state index contributed by atoms with van der Waals surface area (Å²) in [6.45, 7) is 4.20. The third kappa shape index (κ3) is 44.5. The van der Waals surface area contributed by atoms with Crippen molar-refractivity contribution < 1.29 is 20.1 Å². The molecule has 57 heavy (non-hydrogen) atoms. The summed E-state index contributed by atoms with van der Waals surface area (Å²) in [6, 6.07) is -0.738. The molecule has 0 rings (SSSR count). The average Bonchev–Trinajstić information content (AvgIpc) is 3.20. The molecule has 0 aromatic rings. The Bertz CT molecular complexity index is 803. The highest BCUT2D eigenvalue weighted by Crippen LogP contribution is 2.18. The number of allylic oxidation sites excluding steroid dienone is 1. The van der Waals surface area contributed by atoms with E-state index in [0.29, 0.717) is 6.42 Å². The smallest absolute Gasteiger partial charge is 0.222 e. The summed E-state index contributed by atoms with van der Waals surface area (Å²) in [7, 11) is 0. The number of amides is 1. The maximum atomic E-state index is 12.4. The highest BCUT2D eigenvalue weighted by atomic mass is 16.3. The van der Waals surface area contributed by atoms with Crippen LogP contribution in [0.15, 0.2) is 12.2 Å². The van der Waals surface area contributed by atoms with Crippen LogP contribution >= 0.6 is 0 Å². The lowest BCUT2D eigenvalue weighted by Gasteiger charge is -2.21. The van der Waals surface area contributed by atoms with Crippen LogP contribution in [0.4, 0.5) is 0 Å². The van der Waals surface area contributed by atoms with E-state index in [0.717, 1.165) is 25.7 Å². The zero-order valence-corrected chi connectivity index (χ0v) is 38.7. The van der Waals surface area contributed by atoms with Gasteiger partial charge in [-0.2, -0.15) is 0 Å². The number of nitrogens with one attached hydrogen (secondary N) is 1. The third-order valence-electron chi connectivity index (χ3n) is 12.3. The standard InChI is InChI=1S/C52H103NO4/c1-3-5-7-9-11-13-14-15-16-17-18-19-20-21-22-23-24-25-26-27-28-29-30-31-32-33-34-35-36-38-39-41-43-45-49(55)47-52(57)53-50(48-54)51(56)46-44-42-40-37-12-10-8-6-4-2/h44,46,49-51,54-56H,3-43,45,47-48H2,1-2H3,(H,53,57)/b46-44+. The molecule has 0 aromatic carbocycles. The van der Waals surface area contributed by atoms with Gasteiger partial charge in [0.05, 0.1) is 31.3 Å². The van der Waals surface area contributed by atoms with E-state index < -0.39 is 18.2 Å². The molecule has 0 aliphatic carbocycles. The van der Waals surface area contributed by atoms with Crippen LogP contribution in [0.2, 0.25) is 0 Å². The first-order chi connectivity index (χ1) is 28.0. The molecule has 0 aromatic heterocycles. The van der Waals surface area contributed by atoms with Gasteiger partial charge in [-0.15, -0.1) is 0 Å². The fourth-order valence-corrected chi connectivity index (χ4v) is 8.34. The van der Waals surface area contributed by atoms with Crippen molar-refractivity contribution in [2.24, 2.45) is 0 Å². The van der Waals surface area contributed by atoms with Gasteiger partial charge in [-0.3, -0.25) is 4.79 Å². The molecule has 1 amide bonds. The average molecular weight is 806 g/mol. The fourth-order valence-electron chi connectivity index (χ4n) is 8.34. The number of hydrogen-bond donors (Lipinski definition) is 4. The molecule has 0 aliphatic rings. The first-order valence-corrected chi connectivity index (χ1v) is 26.0. The molecule has 0 bridgehead atoms. The van der Waals surface area contributed by atoms with Gasteiger partial charge in [0, 0.05) is 0 Å². The van der Waals surface area contributed by atoms with E-state index in [1.54, 1.807) is 6.08 Å². The quantitative estimate of drug-likeness (QED) is 0.0364. The van der Waals surface area contributed by atoms with Gasteiger partial charge in [-0.1, -0.05) is 276 Å². The Morgan fingerprint density at radius 2 is 0.719 bits per heavy atom. The van der Waals surface area contributed by atoms with E-state index in [2.05, 4.69) is 19.2 Å². The predicted molar refractivity (Wildman–Crippen MR) is 250 cm³/mol. The second kappa shape index (κ2) is 47.8. The maximum Gasteiger partial charge on any atom is 0.222 e. The molecule has 3 atom stereocenters. The first-order valence-electron chi connectivity index (χ1n) is 26.0. The number of unbranched alkanes of at least 4 members (excludes halogenated alkanes) is 39. The van der Waals surface area contributed by atoms with Crippen molar-refractivity contribution in [2.75, 3.05) is 6.61 Å². The molecule has 0 saturated heterocycles. The van der Waals surface area contributed by atoms with E-state index in [9.17, 15) is 20.1 Å².